The van der Waals surface area contributed by atoms with Gasteiger partial charge in [-0.25, -0.2) is 4.98 Å². The number of aryl methyl sites for hydroxylation is 2. The molecule has 0 unspecified atom stereocenters. The van der Waals surface area contributed by atoms with Crippen molar-refractivity contribution >= 4 is 39.2 Å². The molecular formula is C19H25N3O3S2. The summed E-state index contributed by atoms with van der Waals surface area (Å²) in [5.74, 6) is 0.898. The van der Waals surface area contributed by atoms with E-state index in [1.165, 1.54) is 35.0 Å². The average molecular weight is 408 g/mol. The minimum absolute atomic E-state index is 0.000659. The second-order valence-electron chi connectivity index (χ2n) is 7.36. The Morgan fingerprint density at radius 1 is 1.44 bits per heavy atom. The molecule has 8 heteroatoms. The zero-order valence-corrected chi connectivity index (χ0v) is 17.4. The van der Waals surface area contributed by atoms with Gasteiger partial charge < -0.3 is 10.1 Å². The number of nitrogens with one attached hydrogen (secondary N) is 1. The first-order valence-electron chi connectivity index (χ1n) is 9.54. The maximum Gasteiger partial charge on any atom is 0.263 e. The lowest BCUT2D eigenvalue weighted by Gasteiger charge is -2.14. The van der Waals surface area contributed by atoms with Crippen molar-refractivity contribution in [2.75, 3.05) is 19.5 Å². The molecule has 0 spiro atoms. The van der Waals surface area contributed by atoms with E-state index in [0.717, 1.165) is 29.5 Å². The summed E-state index contributed by atoms with van der Waals surface area (Å²) in [5.41, 5.74) is 1.19. The Morgan fingerprint density at radius 2 is 2.26 bits per heavy atom. The van der Waals surface area contributed by atoms with Crippen LogP contribution in [0.4, 0.5) is 0 Å². The molecular weight excluding hydrogens is 382 g/mol. The van der Waals surface area contributed by atoms with Crippen molar-refractivity contribution in [2.24, 2.45) is 5.92 Å². The van der Waals surface area contributed by atoms with Crippen LogP contribution >= 0.6 is 23.1 Å². The molecule has 2 aliphatic rings. The molecule has 0 bridgehead atoms. The van der Waals surface area contributed by atoms with E-state index in [9.17, 15) is 9.59 Å². The molecule has 1 atom stereocenters. The maximum atomic E-state index is 13.2. The number of aromatic nitrogens is 2. The highest BCUT2D eigenvalue weighted by molar-refractivity contribution is 7.99. The molecule has 1 amide bonds. The second-order valence-corrected chi connectivity index (χ2v) is 9.39. The molecule has 146 valence electrons. The molecule has 0 saturated heterocycles. The van der Waals surface area contributed by atoms with Crippen LogP contribution in [0.1, 0.15) is 36.6 Å². The predicted octanol–water partition coefficient (Wildman–Crippen LogP) is 2.60. The normalized spacial score (nSPS) is 17.3. The summed E-state index contributed by atoms with van der Waals surface area (Å²) in [6.07, 6.45) is 5.52. The number of fused-ring (bicyclic) bond motifs is 3. The molecule has 27 heavy (non-hydrogen) atoms. The van der Waals surface area contributed by atoms with Gasteiger partial charge >= 0.3 is 0 Å². The Morgan fingerprint density at radius 3 is 3.00 bits per heavy atom. The largest absolute Gasteiger partial charge is 0.383 e. The SMILES string of the molecule is COCCn1c(SCC(=O)N[C@@H](C)C2CC2)nc2sc3c(c2c1=O)CCC3. The Balaban J connectivity index is 1.58. The fraction of sp³-hybridized carbons (Fsp3) is 0.632. The molecule has 2 aromatic rings. The number of hydrogen-bond donors (Lipinski definition) is 1. The number of thioether (sulfide) groups is 1. The topological polar surface area (TPSA) is 73.2 Å². The van der Waals surface area contributed by atoms with Crippen LogP contribution < -0.4 is 10.9 Å². The fourth-order valence-electron chi connectivity index (χ4n) is 3.69. The second kappa shape index (κ2) is 7.93. The molecule has 1 N–H and O–H groups in total. The molecule has 4 rings (SSSR count). The Kier molecular flexibility index (Phi) is 5.57. The lowest BCUT2D eigenvalue weighted by atomic mass is 10.2. The van der Waals surface area contributed by atoms with Crippen molar-refractivity contribution in [3.63, 3.8) is 0 Å². The fourth-order valence-corrected chi connectivity index (χ4v) is 5.83. The van der Waals surface area contributed by atoms with Crippen LogP contribution in [0, 0.1) is 5.92 Å². The summed E-state index contributed by atoms with van der Waals surface area (Å²) in [6, 6.07) is 0.226. The van der Waals surface area contributed by atoms with Crippen LogP contribution in [0.2, 0.25) is 0 Å². The van der Waals surface area contributed by atoms with Crippen molar-refractivity contribution < 1.29 is 9.53 Å². The van der Waals surface area contributed by atoms with E-state index >= 15 is 0 Å². The summed E-state index contributed by atoms with van der Waals surface area (Å²) < 4.78 is 6.86. The molecule has 0 radical (unpaired) electrons. The Hall–Kier alpha value is -1.38. The maximum absolute atomic E-state index is 13.2. The zero-order valence-electron chi connectivity index (χ0n) is 15.7. The number of methoxy groups -OCH3 is 1. The Labute approximate surface area is 166 Å². The van der Waals surface area contributed by atoms with Gasteiger partial charge in [0, 0.05) is 18.0 Å². The van der Waals surface area contributed by atoms with Gasteiger partial charge in [0.2, 0.25) is 5.91 Å². The summed E-state index contributed by atoms with van der Waals surface area (Å²) in [7, 11) is 1.62. The van der Waals surface area contributed by atoms with Gasteiger partial charge in [0.15, 0.2) is 5.16 Å². The Bertz CT molecular complexity index is 917. The molecule has 2 aromatic heterocycles. The van der Waals surface area contributed by atoms with Crippen LogP contribution in [0.15, 0.2) is 9.95 Å². The van der Waals surface area contributed by atoms with E-state index in [0.29, 0.717) is 24.2 Å². The molecule has 6 nitrogen and oxygen atoms in total. The lowest BCUT2D eigenvalue weighted by molar-refractivity contribution is -0.119. The van der Waals surface area contributed by atoms with Crippen molar-refractivity contribution in [1.29, 1.82) is 0 Å². The number of rotatable bonds is 8. The molecule has 0 aliphatic heterocycles. The molecule has 1 fully saturated rings. The summed E-state index contributed by atoms with van der Waals surface area (Å²) in [6.45, 7) is 2.95. The van der Waals surface area contributed by atoms with Crippen molar-refractivity contribution in [1.82, 2.24) is 14.9 Å². The van der Waals surface area contributed by atoms with E-state index in [-0.39, 0.29) is 23.3 Å². The molecule has 1 saturated carbocycles. The highest BCUT2D eigenvalue weighted by atomic mass is 32.2. The molecule has 2 aliphatic carbocycles. The van der Waals surface area contributed by atoms with Crippen LogP contribution in [-0.4, -0.2) is 41.0 Å². The number of nitrogens with zero attached hydrogens (tertiary/aromatic N) is 2. The van der Waals surface area contributed by atoms with Crippen molar-refractivity contribution in [3.05, 3.63) is 20.8 Å². The minimum atomic E-state index is 0.000659. The average Bonchev–Trinajstić information content (AvgIpc) is 3.30. The predicted molar refractivity (Wildman–Crippen MR) is 109 cm³/mol. The number of carbonyl (C=O) groups excluding carboxylic acids is 1. The number of ether oxygens (including phenoxy) is 1. The smallest absolute Gasteiger partial charge is 0.263 e. The third-order valence-electron chi connectivity index (χ3n) is 5.36. The van der Waals surface area contributed by atoms with E-state index in [2.05, 4.69) is 12.2 Å². The first-order chi connectivity index (χ1) is 13.1. The first-order valence-corrected chi connectivity index (χ1v) is 11.3. The monoisotopic (exact) mass is 407 g/mol. The minimum Gasteiger partial charge on any atom is -0.383 e. The summed E-state index contributed by atoms with van der Waals surface area (Å²) in [4.78, 5) is 32.3. The quantitative estimate of drug-likeness (QED) is 0.538. The molecule has 0 aromatic carbocycles. The highest BCUT2D eigenvalue weighted by Crippen LogP contribution is 2.35. The lowest BCUT2D eigenvalue weighted by Crippen LogP contribution is -2.35. The third kappa shape index (κ3) is 3.93. The van der Waals surface area contributed by atoms with E-state index in [4.69, 9.17) is 9.72 Å². The first kappa shape index (κ1) is 19.0. The van der Waals surface area contributed by atoms with Gasteiger partial charge in [-0.05, 0) is 50.5 Å². The van der Waals surface area contributed by atoms with Crippen LogP contribution in [0.5, 0.6) is 0 Å². The van der Waals surface area contributed by atoms with Gasteiger partial charge in [-0.2, -0.15) is 0 Å². The van der Waals surface area contributed by atoms with Crippen LogP contribution in [-0.2, 0) is 28.9 Å². The number of carbonyl (C=O) groups is 1. The van der Waals surface area contributed by atoms with Crippen LogP contribution in [0.25, 0.3) is 10.2 Å². The van der Waals surface area contributed by atoms with Gasteiger partial charge in [0.05, 0.1) is 24.3 Å². The number of amides is 1. The number of thiophene rings is 1. The van der Waals surface area contributed by atoms with Crippen LogP contribution in [0.3, 0.4) is 0 Å². The van der Waals surface area contributed by atoms with Gasteiger partial charge in [0.25, 0.3) is 5.56 Å². The van der Waals surface area contributed by atoms with Gasteiger partial charge in [-0.15, -0.1) is 11.3 Å². The summed E-state index contributed by atoms with van der Waals surface area (Å²) >= 11 is 2.98. The highest BCUT2D eigenvalue weighted by Gasteiger charge is 2.29. The van der Waals surface area contributed by atoms with Gasteiger partial charge in [0.1, 0.15) is 4.83 Å². The van der Waals surface area contributed by atoms with E-state index < -0.39 is 0 Å². The van der Waals surface area contributed by atoms with E-state index in [1.54, 1.807) is 23.0 Å². The van der Waals surface area contributed by atoms with Gasteiger partial charge in [-0.1, -0.05) is 11.8 Å². The standard InChI is InChI=1S/C19H25N3O3S2/c1-11(12-6-7-12)20-15(23)10-26-19-21-17-16(13-4-3-5-14(13)27-17)18(24)22(19)8-9-25-2/h11-12H,3-10H2,1-2H3,(H,20,23)/t11-/m0/s1. The number of hydrogen-bond acceptors (Lipinski definition) is 6. The third-order valence-corrected chi connectivity index (χ3v) is 7.52. The van der Waals surface area contributed by atoms with Crippen molar-refractivity contribution in [2.45, 2.75) is 56.8 Å². The zero-order chi connectivity index (χ0) is 19.0. The molecule has 2 heterocycles. The summed E-state index contributed by atoms with van der Waals surface area (Å²) in [5, 5.41) is 4.45. The van der Waals surface area contributed by atoms with Gasteiger partial charge in [-0.3, -0.25) is 14.2 Å². The van der Waals surface area contributed by atoms with E-state index in [1.807, 2.05) is 0 Å². The van der Waals surface area contributed by atoms with Crippen molar-refractivity contribution in [3.8, 4) is 0 Å².